The number of nitrogens with one attached hydrogen (secondary N) is 2. The van der Waals surface area contributed by atoms with Crippen molar-refractivity contribution < 1.29 is 13.2 Å². The van der Waals surface area contributed by atoms with Crippen molar-refractivity contribution in [1.29, 1.82) is 5.26 Å². The topological polar surface area (TPSA) is 104 Å². The molecule has 5 rings (SSSR count). The van der Waals surface area contributed by atoms with E-state index in [0.717, 1.165) is 23.6 Å². The van der Waals surface area contributed by atoms with E-state index >= 15 is 0 Å². The molecule has 1 unspecified atom stereocenters. The predicted octanol–water partition coefficient (Wildman–Crippen LogP) is 7.63. The van der Waals surface area contributed by atoms with Gasteiger partial charge in [0, 0.05) is 29.7 Å². The maximum absolute atomic E-state index is 13.4. The Kier molecular flexibility index (Phi) is 8.27. The van der Waals surface area contributed by atoms with Crippen LogP contribution in [0.3, 0.4) is 0 Å². The van der Waals surface area contributed by atoms with Crippen molar-refractivity contribution in [2.45, 2.75) is 44.6 Å². The Hall–Kier alpha value is -4.69. The third-order valence-electron chi connectivity index (χ3n) is 7.00. The van der Waals surface area contributed by atoms with Gasteiger partial charge in [-0.25, -0.2) is 4.68 Å². The summed E-state index contributed by atoms with van der Waals surface area (Å²) in [5.74, 6) is 0. The number of pyridine rings is 2. The zero-order chi connectivity index (χ0) is 29.9. The highest BCUT2D eigenvalue weighted by Gasteiger charge is 2.38. The van der Waals surface area contributed by atoms with Gasteiger partial charge in [-0.15, -0.1) is 5.10 Å². The number of alkyl halides is 3. The summed E-state index contributed by atoms with van der Waals surface area (Å²) in [6, 6.07) is 16.4. The van der Waals surface area contributed by atoms with Gasteiger partial charge in [-0.3, -0.25) is 9.97 Å². The molecule has 8 nitrogen and oxygen atoms in total. The minimum absolute atomic E-state index is 0.0897. The maximum Gasteiger partial charge on any atom is 0.410 e. The molecule has 0 spiro atoms. The van der Waals surface area contributed by atoms with Crippen LogP contribution >= 0.6 is 11.6 Å². The molecule has 2 aromatic carbocycles. The normalized spacial score (nSPS) is 13.7. The van der Waals surface area contributed by atoms with Gasteiger partial charge in [0.1, 0.15) is 17.8 Å². The molecule has 0 aliphatic rings. The van der Waals surface area contributed by atoms with E-state index in [4.69, 9.17) is 11.6 Å². The molecule has 214 valence electrons. The number of hydrogen-bond donors (Lipinski definition) is 2. The summed E-state index contributed by atoms with van der Waals surface area (Å²) in [5, 5.41) is 25.5. The van der Waals surface area contributed by atoms with E-state index in [1.807, 2.05) is 37.3 Å². The van der Waals surface area contributed by atoms with Gasteiger partial charge in [-0.1, -0.05) is 60.1 Å². The first kappa shape index (κ1) is 28.8. The molecule has 3 atom stereocenters. The Morgan fingerprint density at radius 3 is 2.48 bits per heavy atom. The van der Waals surface area contributed by atoms with Crippen LogP contribution in [0, 0.1) is 11.3 Å². The molecular weight excluding hydrogens is 565 g/mol. The van der Waals surface area contributed by atoms with Gasteiger partial charge in [-0.05, 0) is 42.7 Å². The van der Waals surface area contributed by atoms with Crippen LogP contribution in [-0.2, 0) is 0 Å². The maximum atomic E-state index is 13.4. The average Bonchev–Trinajstić information content (AvgIpc) is 3.48. The van der Waals surface area contributed by atoms with E-state index in [2.05, 4.69) is 37.0 Å². The molecule has 3 aromatic heterocycles. The van der Waals surface area contributed by atoms with Crippen LogP contribution in [0.5, 0.6) is 0 Å². The van der Waals surface area contributed by atoms with Gasteiger partial charge < -0.3 is 10.6 Å². The predicted molar refractivity (Wildman–Crippen MR) is 155 cm³/mol. The lowest BCUT2D eigenvalue weighted by molar-refractivity contribution is -0.165. The summed E-state index contributed by atoms with van der Waals surface area (Å²) in [5.41, 5.74) is 3.92. The highest BCUT2D eigenvalue weighted by atomic mass is 35.5. The van der Waals surface area contributed by atoms with Crippen molar-refractivity contribution in [3.8, 4) is 6.07 Å². The number of benzene rings is 2. The summed E-state index contributed by atoms with van der Waals surface area (Å²) in [4.78, 5) is 8.61. The zero-order valence-corrected chi connectivity index (χ0v) is 23.4. The third-order valence-corrected chi connectivity index (χ3v) is 7.29. The van der Waals surface area contributed by atoms with Gasteiger partial charge in [0.15, 0.2) is 0 Å². The lowest BCUT2D eigenvalue weighted by atomic mass is 10.0. The minimum Gasteiger partial charge on any atom is -0.377 e. The fraction of sp³-hybridized carbons (Fsp3) is 0.233. The molecule has 0 fully saturated rings. The first-order valence-electron chi connectivity index (χ1n) is 13.2. The SMILES string of the molecule is CC[C@@H](Nc1c(C#N)cnc2c(Cl)cc(NC(c3cccnc3)c3cn([C@H](C)C(F)(F)F)nn3)cc12)c1ccccc1. The standard InChI is InChI=1S/C30H26ClF3N8/c1-3-25(19-8-5-4-6-9-19)39-27-21(14-35)16-37-29-23(27)12-22(13-24(29)31)38-28(20-10-7-11-36-15-20)26-17-42(41-40-26)18(2)30(32,33)34/h4-13,15-18,25,28,38H,3H2,1-2H3,(H,37,39)/t18-,25-,28?/m1/s1. The van der Waals surface area contributed by atoms with Crippen LogP contribution in [0.2, 0.25) is 5.02 Å². The van der Waals surface area contributed by atoms with Crippen LogP contribution in [0.25, 0.3) is 10.9 Å². The summed E-state index contributed by atoms with van der Waals surface area (Å²) in [6.45, 7) is 3.06. The summed E-state index contributed by atoms with van der Waals surface area (Å²) >= 11 is 6.71. The van der Waals surface area contributed by atoms with Crippen molar-refractivity contribution >= 4 is 33.9 Å². The van der Waals surface area contributed by atoms with Gasteiger partial charge >= 0.3 is 6.18 Å². The number of nitrogens with zero attached hydrogens (tertiary/aromatic N) is 6. The van der Waals surface area contributed by atoms with Crippen molar-refractivity contribution in [2.24, 2.45) is 0 Å². The molecule has 0 aliphatic carbocycles. The molecule has 12 heteroatoms. The van der Waals surface area contributed by atoms with E-state index in [9.17, 15) is 18.4 Å². The highest BCUT2D eigenvalue weighted by Crippen LogP contribution is 2.37. The Bertz CT molecular complexity index is 1720. The number of nitriles is 1. The van der Waals surface area contributed by atoms with E-state index in [1.165, 1.54) is 12.4 Å². The molecule has 0 saturated heterocycles. The second kappa shape index (κ2) is 12.0. The Morgan fingerprint density at radius 2 is 1.81 bits per heavy atom. The Morgan fingerprint density at radius 1 is 1.05 bits per heavy atom. The molecule has 42 heavy (non-hydrogen) atoms. The van der Waals surface area contributed by atoms with Crippen LogP contribution in [0.4, 0.5) is 24.5 Å². The molecule has 0 amide bonds. The van der Waals surface area contributed by atoms with E-state index < -0.39 is 18.3 Å². The summed E-state index contributed by atoms with van der Waals surface area (Å²) in [6.07, 6.45) is 2.21. The number of hydrogen-bond acceptors (Lipinski definition) is 7. The lowest BCUT2D eigenvalue weighted by Crippen LogP contribution is -2.24. The zero-order valence-electron chi connectivity index (χ0n) is 22.6. The van der Waals surface area contributed by atoms with E-state index in [1.54, 1.807) is 36.7 Å². The largest absolute Gasteiger partial charge is 0.410 e. The van der Waals surface area contributed by atoms with Crippen molar-refractivity contribution in [3.63, 3.8) is 0 Å². The van der Waals surface area contributed by atoms with Gasteiger partial charge in [0.25, 0.3) is 0 Å². The fourth-order valence-corrected chi connectivity index (χ4v) is 4.94. The highest BCUT2D eigenvalue weighted by molar-refractivity contribution is 6.35. The van der Waals surface area contributed by atoms with Crippen LogP contribution in [0.1, 0.15) is 60.8 Å². The van der Waals surface area contributed by atoms with Gasteiger partial charge in [0.2, 0.25) is 0 Å². The molecule has 0 saturated carbocycles. The molecule has 0 radical (unpaired) electrons. The molecule has 2 N–H and O–H groups in total. The Labute approximate surface area is 245 Å². The van der Waals surface area contributed by atoms with Crippen molar-refractivity contribution in [2.75, 3.05) is 10.6 Å². The van der Waals surface area contributed by atoms with Gasteiger partial charge in [0.05, 0.1) is 40.1 Å². The lowest BCUT2D eigenvalue weighted by Gasteiger charge is -2.22. The quantitative estimate of drug-likeness (QED) is 0.182. The van der Waals surface area contributed by atoms with Crippen LogP contribution in [0.15, 0.2) is 79.4 Å². The number of halogens is 4. The first-order chi connectivity index (χ1) is 20.2. The molecule has 0 bridgehead atoms. The van der Waals surface area contributed by atoms with E-state index in [-0.39, 0.29) is 11.7 Å². The minimum atomic E-state index is -4.49. The molecule has 0 aliphatic heterocycles. The van der Waals surface area contributed by atoms with E-state index in [0.29, 0.717) is 38.4 Å². The molecule has 5 aromatic rings. The first-order valence-corrected chi connectivity index (χ1v) is 13.6. The van der Waals surface area contributed by atoms with Crippen LogP contribution < -0.4 is 10.6 Å². The average molecular weight is 591 g/mol. The summed E-state index contributed by atoms with van der Waals surface area (Å²) < 4.78 is 40.9. The van der Waals surface area contributed by atoms with Crippen molar-refractivity contribution in [3.05, 3.63) is 107 Å². The van der Waals surface area contributed by atoms with Crippen molar-refractivity contribution in [1.82, 2.24) is 25.0 Å². The van der Waals surface area contributed by atoms with Crippen LogP contribution in [-0.4, -0.2) is 31.1 Å². The number of aromatic nitrogens is 5. The second-order valence-electron chi connectivity index (χ2n) is 9.73. The smallest absolute Gasteiger partial charge is 0.377 e. The Balaban J connectivity index is 1.58. The van der Waals surface area contributed by atoms with Gasteiger partial charge in [-0.2, -0.15) is 18.4 Å². The molecular formula is C30H26ClF3N8. The fourth-order valence-electron chi connectivity index (χ4n) is 4.67. The number of fused-ring (bicyclic) bond motifs is 1. The number of rotatable bonds is 9. The molecule has 3 heterocycles. The summed E-state index contributed by atoms with van der Waals surface area (Å²) in [7, 11) is 0. The third kappa shape index (κ3) is 5.99. The number of anilines is 2. The second-order valence-corrected chi connectivity index (χ2v) is 10.1. The monoisotopic (exact) mass is 590 g/mol.